The minimum absolute atomic E-state index is 0.0874. The number of rotatable bonds is 2. The third-order valence-electron chi connectivity index (χ3n) is 5.11. The van der Waals surface area contributed by atoms with Crippen LogP contribution in [0.2, 0.25) is 0 Å². The molecule has 0 amide bonds. The average molecular weight is 326 g/mol. The third kappa shape index (κ3) is 2.18. The number of para-hydroxylation sites is 1. The molecule has 1 aliphatic carbocycles. The second kappa shape index (κ2) is 5.52. The van der Waals surface area contributed by atoms with Crippen molar-refractivity contribution in [3.05, 3.63) is 95.1 Å². The van der Waals surface area contributed by atoms with Gasteiger partial charge in [-0.25, -0.2) is 0 Å². The molecular formula is C23H18O2. The Morgan fingerprint density at radius 1 is 0.840 bits per heavy atom. The van der Waals surface area contributed by atoms with Crippen molar-refractivity contribution in [1.29, 1.82) is 0 Å². The summed E-state index contributed by atoms with van der Waals surface area (Å²) < 4.78 is 11.7. The zero-order chi connectivity index (χ0) is 16.8. The molecule has 5 rings (SSSR count). The van der Waals surface area contributed by atoms with Crippen LogP contribution in [0.4, 0.5) is 0 Å². The average Bonchev–Trinajstić information content (AvgIpc) is 3.04. The Morgan fingerprint density at radius 3 is 2.36 bits per heavy atom. The summed E-state index contributed by atoms with van der Waals surface area (Å²) in [7, 11) is 1.70. The molecule has 2 nitrogen and oxygen atoms in total. The number of methoxy groups -OCH3 is 1. The summed E-state index contributed by atoms with van der Waals surface area (Å²) in [6.07, 6.45) is 1.02. The van der Waals surface area contributed by atoms with Crippen molar-refractivity contribution in [1.82, 2.24) is 0 Å². The van der Waals surface area contributed by atoms with E-state index in [1.54, 1.807) is 7.11 Å². The van der Waals surface area contributed by atoms with Gasteiger partial charge in [-0.1, -0.05) is 54.6 Å². The zero-order valence-corrected chi connectivity index (χ0v) is 14.0. The van der Waals surface area contributed by atoms with Gasteiger partial charge in [0, 0.05) is 23.1 Å². The van der Waals surface area contributed by atoms with Crippen LogP contribution in [0.25, 0.3) is 11.1 Å². The maximum atomic E-state index is 6.35. The summed E-state index contributed by atoms with van der Waals surface area (Å²) in [5.41, 5.74) is 7.62. The van der Waals surface area contributed by atoms with E-state index in [2.05, 4.69) is 54.6 Å². The highest BCUT2D eigenvalue weighted by Gasteiger charge is 2.36. The van der Waals surface area contributed by atoms with E-state index < -0.39 is 0 Å². The van der Waals surface area contributed by atoms with Crippen LogP contribution >= 0.6 is 0 Å². The molecule has 0 bridgehead atoms. The maximum absolute atomic E-state index is 6.35. The molecule has 2 aliphatic rings. The molecule has 1 atom stereocenters. The lowest BCUT2D eigenvalue weighted by Crippen LogP contribution is -2.21. The summed E-state index contributed by atoms with van der Waals surface area (Å²) in [5.74, 6) is 1.84. The van der Waals surface area contributed by atoms with Crippen LogP contribution in [0.3, 0.4) is 0 Å². The Labute approximate surface area is 147 Å². The van der Waals surface area contributed by atoms with Crippen LogP contribution in [0.5, 0.6) is 11.5 Å². The SMILES string of the molecule is COc1ccc(C2=C3c4ccccc4CC3Oc3ccccc32)cc1. The van der Waals surface area contributed by atoms with Crippen molar-refractivity contribution in [3.63, 3.8) is 0 Å². The molecule has 0 saturated carbocycles. The lowest BCUT2D eigenvalue weighted by atomic mass is 9.87. The van der Waals surface area contributed by atoms with Crippen LogP contribution in [0, 0.1) is 0 Å². The molecule has 0 spiro atoms. The van der Waals surface area contributed by atoms with Gasteiger partial charge in [-0.05, 0) is 34.9 Å². The Hall–Kier alpha value is -3.00. The van der Waals surface area contributed by atoms with Crippen molar-refractivity contribution < 1.29 is 9.47 Å². The molecule has 0 aromatic heterocycles. The van der Waals surface area contributed by atoms with Gasteiger partial charge in [0.05, 0.1) is 7.11 Å². The van der Waals surface area contributed by atoms with Crippen LogP contribution in [0.1, 0.15) is 22.3 Å². The highest BCUT2D eigenvalue weighted by atomic mass is 16.5. The van der Waals surface area contributed by atoms with Gasteiger partial charge in [0.2, 0.25) is 0 Å². The summed E-state index contributed by atoms with van der Waals surface area (Å²) in [6, 6.07) is 25.3. The van der Waals surface area contributed by atoms with Crippen molar-refractivity contribution in [3.8, 4) is 11.5 Å². The minimum atomic E-state index is 0.0874. The Balaban J connectivity index is 1.80. The van der Waals surface area contributed by atoms with Gasteiger partial charge < -0.3 is 9.47 Å². The van der Waals surface area contributed by atoms with Gasteiger partial charge in [-0.15, -0.1) is 0 Å². The maximum Gasteiger partial charge on any atom is 0.129 e. The highest BCUT2D eigenvalue weighted by Crippen LogP contribution is 2.48. The van der Waals surface area contributed by atoms with E-state index in [0.717, 1.165) is 23.5 Å². The number of benzene rings is 3. The summed E-state index contributed by atoms with van der Waals surface area (Å²) in [4.78, 5) is 0. The van der Waals surface area contributed by atoms with Crippen molar-refractivity contribution in [2.75, 3.05) is 7.11 Å². The fraction of sp³-hybridized carbons (Fsp3) is 0.130. The number of hydrogen-bond donors (Lipinski definition) is 0. The topological polar surface area (TPSA) is 18.5 Å². The van der Waals surface area contributed by atoms with Crippen molar-refractivity contribution in [2.24, 2.45) is 0 Å². The van der Waals surface area contributed by atoms with E-state index in [0.29, 0.717) is 0 Å². The normalized spacial score (nSPS) is 17.4. The molecule has 122 valence electrons. The lowest BCUT2D eigenvalue weighted by molar-refractivity contribution is 0.261. The summed E-state index contributed by atoms with van der Waals surface area (Å²) in [5, 5.41) is 0. The molecule has 0 fully saturated rings. The monoisotopic (exact) mass is 326 g/mol. The van der Waals surface area contributed by atoms with Crippen LogP contribution in [0.15, 0.2) is 72.8 Å². The quantitative estimate of drug-likeness (QED) is 0.662. The standard InChI is InChI=1S/C23H18O2/c1-24-17-12-10-15(11-13-17)22-19-8-4-5-9-20(19)25-21-14-16-6-2-3-7-18(16)23(21)22/h2-13,21H,14H2,1H3. The van der Waals surface area contributed by atoms with Gasteiger partial charge in [0.1, 0.15) is 17.6 Å². The van der Waals surface area contributed by atoms with E-state index in [4.69, 9.17) is 9.47 Å². The van der Waals surface area contributed by atoms with E-state index in [1.165, 1.54) is 27.8 Å². The second-order valence-electron chi connectivity index (χ2n) is 6.48. The number of ether oxygens (including phenoxy) is 2. The van der Waals surface area contributed by atoms with Crippen LogP contribution < -0.4 is 9.47 Å². The van der Waals surface area contributed by atoms with E-state index in [9.17, 15) is 0 Å². The second-order valence-corrected chi connectivity index (χ2v) is 6.48. The van der Waals surface area contributed by atoms with Gasteiger partial charge in [-0.3, -0.25) is 0 Å². The van der Waals surface area contributed by atoms with E-state index in [-0.39, 0.29) is 6.10 Å². The Morgan fingerprint density at radius 2 is 1.56 bits per heavy atom. The Bertz CT molecular complexity index is 983. The number of hydrogen-bond acceptors (Lipinski definition) is 2. The molecule has 0 radical (unpaired) electrons. The van der Waals surface area contributed by atoms with Gasteiger partial charge in [-0.2, -0.15) is 0 Å². The first kappa shape index (κ1) is 14.4. The molecule has 0 N–H and O–H groups in total. The molecule has 25 heavy (non-hydrogen) atoms. The van der Waals surface area contributed by atoms with Gasteiger partial charge in [0.25, 0.3) is 0 Å². The number of fused-ring (bicyclic) bond motifs is 4. The van der Waals surface area contributed by atoms with Crippen LogP contribution in [-0.4, -0.2) is 13.2 Å². The molecule has 3 aromatic carbocycles. The lowest BCUT2D eigenvalue weighted by Gasteiger charge is -2.28. The highest BCUT2D eigenvalue weighted by molar-refractivity contribution is 6.04. The third-order valence-corrected chi connectivity index (χ3v) is 5.11. The van der Waals surface area contributed by atoms with Crippen molar-refractivity contribution in [2.45, 2.75) is 12.5 Å². The van der Waals surface area contributed by atoms with E-state index >= 15 is 0 Å². The fourth-order valence-electron chi connectivity index (χ4n) is 3.98. The molecule has 0 saturated heterocycles. The summed E-state index contributed by atoms with van der Waals surface area (Å²) >= 11 is 0. The minimum Gasteiger partial charge on any atom is -0.497 e. The zero-order valence-electron chi connectivity index (χ0n) is 14.0. The van der Waals surface area contributed by atoms with Crippen LogP contribution in [-0.2, 0) is 6.42 Å². The molecule has 2 heteroatoms. The van der Waals surface area contributed by atoms with Gasteiger partial charge in [0.15, 0.2) is 0 Å². The predicted molar refractivity (Wildman–Crippen MR) is 99.9 cm³/mol. The summed E-state index contributed by atoms with van der Waals surface area (Å²) in [6.45, 7) is 0. The molecule has 1 aliphatic heterocycles. The first-order chi connectivity index (χ1) is 12.3. The smallest absolute Gasteiger partial charge is 0.129 e. The van der Waals surface area contributed by atoms with Crippen molar-refractivity contribution >= 4 is 11.1 Å². The predicted octanol–water partition coefficient (Wildman–Crippen LogP) is 4.97. The molecular weight excluding hydrogens is 308 g/mol. The molecule has 3 aromatic rings. The van der Waals surface area contributed by atoms with E-state index in [1.807, 2.05) is 18.2 Å². The molecule has 1 heterocycles. The van der Waals surface area contributed by atoms with Gasteiger partial charge >= 0.3 is 0 Å². The Kier molecular flexibility index (Phi) is 3.17. The first-order valence-electron chi connectivity index (χ1n) is 8.58. The first-order valence-corrected chi connectivity index (χ1v) is 8.58. The molecule has 1 unspecified atom stereocenters. The largest absolute Gasteiger partial charge is 0.497 e. The fourth-order valence-corrected chi connectivity index (χ4v) is 3.98.